The highest BCUT2D eigenvalue weighted by atomic mass is 16.5. The van der Waals surface area contributed by atoms with E-state index in [4.69, 9.17) is 9.47 Å². The Morgan fingerprint density at radius 2 is 1.48 bits per heavy atom. The van der Waals surface area contributed by atoms with Crippen LogP contribution in [0.1, 0.15) is 56.3 Å². The molecule has 0 radical (unpaired) electrons. The number of ether oxygens (including phenoxy) is 2. The van der Waals surface area contributed by atoms with Crippen LogP contribution in [-0.4, -0.2) is 24.9 Å². The van der Waals surface area contributed by atoms with Crippen molar-refractivity contribution in [2.45, 2.75) is 50.8 Å². The molecule has 4 heteroatoms. The average Bonchev–Trinajstić information content (AvgIpc) is 2.70. The van der Waals surface area contributed by atoms with E-state index in [1.807, 2.05) is 24.3 Å². The summed E-state index contributed by atoms with van der Waals surface area (Å²) in [7, 11) is 3.35. The Labute approximate surface area is 162 Å². The Kier molecular flexibility index (Phi) is 6.08. The first kappa shape index (κ1) is 19.7. The van der Waals surface area contributed by atoms with Crippen molar-refractivity contribution in [1.29, 1.82) is 0 Å². The molecule has 1 saturated heterocycles. The molecule has 1 aliphatic heterocycles. The van der Waals surface area contributed by atoms with Crippen molar-refractivity contribution in [3.63, 3.8) is 0 Å². The molecule has 0 amide bonds. The van der Waals surface area contributed by atoms with Gasteiger partial charge in [0.05, 0.1) is 19.8 Å². The lowest BCUT2D eigenvalue weighted by atomic mass is 9.70. The molecule has 1 heterocycles. The number of hydrogen-bond donors (Lipinski definition) is 2. The van der Waals surface area contributed by atoms with Crippen LogP contribution in [0, 0.1) is 5.92 Å². The van der Waals surface area contributed by atoms with Gasteiger partial charge in [-0.3, -0.25) is 0 Å². The van der Waals surface area contributed by atoms with Crippen molar-refractivity contribution in [2.24, 2.45) is 5.92 Å². The van der Waals surface area contributed by atoms with E-state index in [9.17, 15) is 5.11 Å². The molecule has 1 aliphatic rings. The van der Waals surface area contributed by atoms with Gasteiger partial charge in [-0.15, -0.1) is 0 Å². The molecule has 0 unspecified atom stereocenters. The standard InChI is InChI=1S/C23H31NO3/c1-5-14-23(25)15-21(17-6-10-19(26-3)11-7-17)24-22(16(23)2)18-8-12-20(27-4)13-9-18/h6-13,16,21-22,24-25H,5,14-15H2,1-4H3/t16-,21+,22-,23+/m0/s1. The molecular weight excluding hydrogens is 338 g/mol. The third-order valence-electron chi connectivity index (χ3n) is 5.96. The summed E-state index contributed by atoms with van der Waals surface area (Å²) in [4.78, 5) is 0. The SMILES string of the molecule is CCC[C@@]1(O)C[C@H](c2ccc(OC)cc2)N[C@H](c2ccc(OC)cc2)[C@@H]1C. The van der Waals surface area contributed by atoms with Crippen LogP contribution in [0.2, 0.25) is 0 Å². The van der Waals surface area contributed by atoms with Gasteiger partial charge in [-0.1, -0.05) is 44.5 Å². The van der Waals surface area contributed by atoms with E-state index in [0.717, 1.165) is 24.3 Å². The molecule has 2 aromatic carbocycles. The lowest BCUT2D eigenvalue weighted by Gasteiger charge is -2.48. The summed E-state index contributed by atoms with van der Waals surface area (Å²) in [6.07, 6.45) is 2.47. The fraction of sp³-hybridized carbons (Fsp3) is 0.478. The van der Waals surface area contributed by atoms with Gasteiger partial charge in [0, 0.05) is 18.0 Å². The van der Waals surface area contributed by atoms with Gasteiger partial charge in [-0.05, 0) is 48.2 Å². The van der Waals surface area contributed by atoms with Gasteiger partial charge in [-0.25, -0.2) is 0 Å². The smallest absolute Gasteiger partial charge is 0.118 e. The maximum absolute atomic E-state index is 11.5. The Morgan fingerprint density at radius 1 is 0.963 bits per heavy atom. The van der Waals surface area contributed by atoms with Crippen LogP contribution in [0.15, 0.2) is 48.5 Å². The van der Waals surface area contributed by atoms with Crippen LogP contribution in [-0.2, 0) is 0 Å². The maximum Gasteiger partial charge on any atom is 0.118 e. The average molecular weight is 370 g/mol. The van der Waals surface area contributed by atoms with E-state index in [0.29, 0.717) is 6.42 Å². The third-order valence-corrected chi connectivity index (χ3v) is 5.96. The van der Waals surface area contributed by atoms with Crippen LogP contribution in [0.5, 0.6) is 11.5 Å². The quantitative estimate of drug-likeness (QED) is 0.778. The lowest BCUT2D eigenvalue weighted by Crippen LogP contribution is -2.52. The summed E-state index contributed by atoms with van der Waals surface area (Å²) >= 11 is 0. The molecule has 0 saturated carbocycles. The Morgan fingerprint density at radius 3 is 1.96 bits per heavy atom. The Bertz CT molecular complexity index is 728. The number of hydrogen-bond acceptors (Lipinski definition) is 4. The normalized spacial score (nSPS) is 28.0. The predicted molar refractivity (Wildman–Crippen MR) is 108 cm³/mol. The minimum Gasteiger partial charge on any atom is -0.497 e. The highest BCUT2D eigenvalue weighted by molar-refractivity contribution is 5.33. The number of aliphatic hydroxyl groups is 1. The van der Waals surface area contributed by atoms with Gasteiger partial charge in [0.1, 0.15) is 11.5 Å². The van der Waals surface area contributed by atoms with E-state index in [1.165, 1.54) is 11.1 Å². The highest BCUT2D eigenvalue weighted by Gasteiger charge is 2.45. The van der Waals surface area contributed by atoms with E-state index in [2.05, 4.69) is 43.4 Å². The number of benzene rings is 2. The number of methoxy groups -OCH3 is 2. The van der Waals surface area contributed by atoms with Crippen LogP contribution in [0.3, 0.4) is 0 Å². The van der Waals surface area contributed by atoms with E-state index >= 15 is 0 Å². The zero-order chi connectivity index (χ0) is 19.4. The minimum atomic E-state index is -0.699. The van der Waals surface area contributed by atoms with Gasteiger partial charge >= 0.3 is 0 Å². The molecule has 0 aliphatic carbocycles. The van der Waals surface area contributed by atoms with Crippen LogP contribution >= 0.6 is 0 Å². The first-order valence-electron chi connectivity index (χ1n) is 9.77. The molecule has 3 rings (SSSR count). The first-order chi connectivity index (χ1) is 13.0. The Balaban J connectivity index is 1.93. The predicted octanol–water partition coefficient (Wildman–Crippen LogP) is 4.65. The number of piperidine rings is 1. The second kappa shape index (κ2) is 8.32. The molecule has 0 aromatic heterocycles. The molecule has 0 bridgehead atoms. The van der Waals surface area contributed by atoms with Crippen molar-refractivity contribution in [3.8, 4) is 11.5 Å². The van der Waals surface area contributed by atoms with Crippen molar-refractivity contribution in [1.82, 2.24) is 5.32 Å². The van der Waals surface area contributed by atoms with E-state index < -0.39 is 5.60 Å². The van der Waals surface area contributed by atoms with Crippen molar-refractivity contribution < 1.29 is 14.6 Å². The summed E-state index contributed by atoms with van der Waals surface area (Å²) in [5.41, 5.74) is 1.65. The summed E-state index contributed by atoms with van der Waals surface area (Å²) in [5, 5.41) is 15.3. The molecular formula is C23H31NO3. The second-order valence-corrected chi connectivity index (χ2v) is 7.59. The largest absolute Gasteiger partial charge is 0.497 e. The van der Waals surface area contributed by atoms with Gasteiger partial charge in [0.25, 0.3) is 0 Å². The molecule has 0 spiro atoms. The fourth-order valence-electron chi connectivity index (χ4n) is 4.28. The first-order valence-corrected chi connectivity index (χ1v) is 9.77. The maximum atomic E-state index is 11.5. The summed E-state index contributed by atoms with van der Waals surface area (Å²) in [6.45, 7) is 4.29. The molecule has 4 atom stereocenters. The van der Waals surface area contributed by atoms with Crippen molar-refractivity contribution in [2.75, 3.05) is 14.2 Å². The second-order valence-electron chi connectivity index (χ2n) is 7.59. The van der Waals surface area contributed by atoms with Gasteiger partial charge in [-0.2, -0.15) is 0 Å². The van der Waals surface area contributed by atoms with Crippen LogP contribution in [0.4, 0.5) is 0 Å². The summed E-state index contributed by atoms with van der Waals surface area (Å²) in [6, 6.07) is 16.5. The third kappa shape index (κ3) is 4.12. The van der Waals surface area contributed by atoms with E-state index in [1.54, 1.807) is 14.2 Å². The molecule has 27 heavy (non-hydrogen) atoms. The fourth-order valence-corrected chi connectivity index (χ4v) is 4.28. The molecule has 146 valence electrons. The minimum absolute atomic E-state index is 0.0771. The van der Waals surface area contributed by atoms with Crippen LogP contribution in [0.25, 0.3) is 0 Å². The molecule has 2 aromatic rings. The summed E-state index contributed by atoms with van der Waals surface area (Å²) < 4.78 is 10.6. The topological polar surface area (TPSA) is 50.7 Å². The van der Waals surface area contributed by atoms with Crippen LogP contribution < -0.4 is 14.8 Å². The Hall–Kier alpha value is -2.04. The van der Waals surface area contributed by atoms with Gasteiger partial charge in [0.15, 0.2) is 0 Å². The molecule has 1 fully saturated rings. The molecule has 2 N–H and O–H groups in total. The van der Waals surface area contributed by atoms with Gasteiger partial charge < -0.3 is 19.9 Å². The van der Waals surface area contributed by atoms with Crippen molar-refractivity contribution in [3.05, 3.63) is 59.7 Å². The number of rotatable bonds is 6. The van der Waals surface area contributed by atoms with E-state index in [-0.39, 0.29) is 18.0 Å². The lowest BCUT2D eigenvalue weighted by molar-refractivity contribution is -0.0743. The van der Waals surface area contributed by atoms with Gasteiger partial charge in [0.2, 0.25) is 0 Å². The zero-order valence-corrected chi connectivity index (χ0v) is 16.7. The summed E-state index contributed by atoms with van der Waals surface area (Å²) in [5.74, 6) is 1.80. The monoisotopic (exact) mass is 369 g/mol. The zero-order valence-electron chi connectivity index (χ0n) is 16.7. The number of nitrogens with one attached hydrogen (secondary N) is 1. The highest BCUT2D eigenvalue weighted by Crippen LogP contribution is 2.45. The van der Waals surface area contributed by atoms with Crippen molar-refractivity contribution >= 4 is 0 Å². The molecule has 4 nitrogen and oxygen atoms in total.